The summed E-state index contributed by atoms with van der Waals surface area (Å²) in [5, 5.41) is 2.28. The molecule has 1 aromatic rings. The van der Waals surface area contributed by atoms with Gasteiger partial charge in [-0.2, -0.15) is 13.2 Å². The molecule has 2 saturated heterocycles. The van der Waals surface area contributed by atoms with Crippen molar-refractivity contribution in [1.29, 1.82) is 0 Å². The minimum Gasteiger partial charge on any atom is -0.491 e. The minimum atomic E-state index is -5.22. The normalized spacial score (nSPS) is 21.4. The lowest BCUT2D eigenvalue weighted by atomic mass is 10.1. The molecule has 3 aliphatic rings. The van der Waals surface area contributed by atoms with E-state index in [9.17, 15) is 32.3 Å². The molecular formula is C20H21F3N4O6. The summed E-state index contributed by atoms with van der Waals surface area (Å²) in [5.74, 6) is -3.53. The molecule has 10 nitrogen and oxygen atoms in total. The number of carbonyl (C=O) groups excluding carboxylic acids is 4. The Bertz CT molecular complexity index is 985. The summed E-state index contributed by atoms with van der Waals surface area (Å²) in [6.07, 6.45) is -4.43. The number of nitrogens with one attached hydrogen (secondary N) is 1. The molecule has 0 bridgehead atoms. The number of hydrogen-bond acceptors (Lipinski definition) is 8. The van der Waals surface area contributed by atoms with Gasteiger partial charge in [-0.25, -0.2) is 9.59 Å². The second-order valence-corrected chi connectivity index (χ2v) is 7.89. The van der Waals surface area contributed by atoms with Gasteiger partial charge in [-0.15, -0.1) is 0 Å². The summed E-state index contributed by atoms with van der Waals surface area (Å²) in [5.41, 5.74) is 1.39. The number of esters is 2. The summed E-state index contributed by atoms with van der Waals surface area (Å²) >= 11 is 0. The Labute approximate surface area is 186 Å². The van der Waals surface area contributed by atoms with E-state index in [4.69, 9.17) is 4.74 Å². The minimum absolute atomic E-state index is 0.0760. The highest BCUT2D eigenvalue weighted by molar-refractivity contribution is 6.05. The number of halogens is 3. The molecule has 0 aliphatic carbocycles. The number of alkyl halides is 3. The number of imide groups is 1. The van der Waals surface area contributed by atoms with Crippen molar-refractivity contribution in [2.75, 3.05) is 49.1 Å². The number of hydrogen-bond donors (Lipinski definition) is 1. The van der Waals surface area contributed by atoms with Gasteiger partial charge in [-0.05, 0) is 12.1 Å². The van der Waals surface area contributed by atoms with E-state index in [1.54, 1.807) is 17.0 Å². The predicted octanol–water partition coefficient (Wildman–Crippen LogP) is 1.04. The molecule has 0 radical (unpaired) electrons. The van der Waals surface area contributed by atoms with Crippen LogP contribution in [0.15, 0.2) is 18.2 Å². The summed E-state index contributed by atoms with van der Waals surface area (Å²) < 4.78 is 46.6. The van der Waals surface area contributed by atoms with Crippen molar-refractivity contribution in [2.45, 2.75) is 25.1 Å². The number of nitrogens with zero attached hydrogens (tertiary/aromatic N) is 3. The van der Waals surface area contributed by atoms with Crippen LogP contribution in [0.1, 0.15) is 12.8 Å². The molecule has 3 heterocycles. The maximum absolute atomic E-state index is 12.3. The van der Waals surface area contributed by atoms with Crippen molar-refractivity contribution in [1.82, 2.24) is 10.2 Å². The number of amides is 3. The molecule has 3 amide bonds. The SMILES string of the molecule is O=C1CCN(c2ccc3c(c2)OCCC2CN(CC(=O)OC(=O)C(F)(F)F)CCN32)C(=O)N1. The molecule has 1 unspecified atom stereocenters. The third-order valence-electron chi connectivity index (χ3n) is 5.68. The highest BCUT2D eigenvalue weighted by Gasteiger charge is 2.43. The molecule has 1 aromatic carbocycles. The van der Waals surface area contributed by atoms with Crippen LogP contribution in [0, 0.1) is 0 Å². The van der Waals surface area contributed by atoms with Crippen molar-refractivity contribution >= 4 is 35.3 Å². The van der Waals surface area contributed by atoms with Crippen LogP contribution < -0.4 is 19.9 Å². The zero-order valence-corrected chi connectivity index (χ0v) is 17.4. The van der Waals surface area contributed by atoms with E-state index < -0.39 is 30.7 Å². The van der Waals surface area contributed by atoms with Gasteiger partial charge in [0.25, 0.3) is 0 Å². The van der Waals surface area contributed by atoms with Gasteiger partial charge in [-0.1, -0.05) is 0 Å². The van der Waals surface area contributed by atoms with Gasteiger partial charge in [0, 0.05) is 56.8 Å². The van der Waals surface area contributed by atoms with Gasteiger partial charge in [-0.3, -0.25) is 24.7 Å². The number of rotatable bonds is 3. The first-order valence-corrected chi connectivity index (χ1v) is 10.3. The van der Waals surface area contributed by atoms with E-state index in [1.165, 1.54) is 4.90 Å². The zero-order chi connectivity index (χ0) is 23.8. The van der Waals surface area contributed by atoms with Crippen LogP contribution in [0.3, 0.4) is 0 Å². The topological polar surface area (TPSA) is 108 Å². The lowest BCUT2D eigenvalue weighted by Gasteiger charge is -2.41. The third-order valence-corrected chi connectivity index (χ3v) is 5.68. The van der Waals surface area contributed by atoms with Crippen molar-refractivity contribution in [2.24, 2.45) is 0 Å². The Kier molecular flexibility index (Phi) is 6.15. The van der Waals surface area contributed by atoms with Crippen molar-refractivity contribution in [3.63, 3.8) is 0 Å². The first kappa shape index (κ1) is 22.8. The van der Waals surface area contributed by atoms with Gasteiger partial charge in [0.15, 0.2) is 0 Å². The number of piperazine rings is 1. The predicted molar refractivity (Wildman–Crippen MR) is 107 cm³/mol. The fourth-order valence-electron chi connectivity index (χ4n) is 4.14. The standard InChI is InChI=1S/C20H21F3N4O6/c21-20(22,23)18(30)33-17(29)11-25-6-7-26-13(10-25)4-8-32-15-9-12(1-2-14(15)26)27-5-3-16(28)24-19(27)31/h1-2,9,13H,3-8,10-11H2,(H,24,28,31). The van der Waals surface area contributed by atoms with E-state index in [0.717, 1.165) is 5.69 Å². The van der Waals surface area contributed by atoms with Crippen LogP contribution in [-0.4, -0.2) is 80.3 Å². The molecule has 178 valence electrons. The quantitative estimate of drug-likeness (QED) is 0.516. The summed E-state index contributed by atoms with van der Waals surface area (Å²) in [4.78, 5) is 51.3. The molecule has 4 rings (SSSR count). The third kappa shape index (κ3) is 5.02. The van der Waals surface area contributed by atoms with E-state index in [-0.39, 0.29) is 24.9 Å². The van der Waals surface area contributed by atoms with E-state index in [0.29, 0.717) is 44.1 Å². The van der Waals surface area contributed by atoms with Crippen molar-refractivity contribution in [3.05, 3.63) is 18.2 Å². The van der Waals surface area contributed by atoms with Crippen LogP contribution in [0.25, 0.3) is 0 Å². The van der Waals surface area contributed by atoms with Crippen molar-refractivity contribution in [3.8, 4) is 5.75 Å². The summed E-state index contributed by atoms with van der Waals surface area (Å²) in [6.45, 7) is 1.40. The fourth-order valence-corrected chi connectivity index (χ4v) is 4.14. The summed E-state index contributed by atoms with van der Waals surface area (Å²) in [7, 11) is 0. The first-order valence-electron chi connectivity index (χ1n) is 10.3. The maximum atomic E-state index is 12.3. The Morgan fingerprint density at radius 3 is 2.70 bits per heavy atom. The molecule has 0 spiro atoms. The second-order valence-electron chi connectivity index (χ2n) is 7.89. The fraction of sp³-hybridized carbons (Fsp3) is 0.500. The lowest BCUT2D eigenvalue weighted by molar-refractivity contribution is -0.202. The largest absolute Gasteiger partial charge is 0.491 e. The Balaban J connectivity index is 1.42. The number of urea groups is 1. The molecule has 0 aromatic heterocycles. The molecule has 2 fully saturated rings. The number of ether oxygens (including phenoxy) is 2. The zero-order valence-electron chi connectivity index (χ0n) is 17.4. The Morgan fingerprint density at radius 2 is 1.97 bits per heavy atom. The number of benzene rings is 1. The monoisotopic (exact) mass is 470 g/mol. The van der Waals surface area contributed by atoms with Crippen LogP contribution >= 0.6 is 0 Å². The van der Waals surface area contributed by atoms with Crippen LogP contribution in [-0.2, 0) is 19.1 Å². The van der Waals surface area contributed by atoms with Crippen LogP contribution in [0.5, 0.6) is 5.75 Å². The number of carbonyl (C=O) groups is 4. The molecule has 33 heavy (non-hydrogen) atoms. The van der Waals surface area contributed by atoms with Gasteiger partial charge < -0.3 is 14.4 Å². The highest BCUT2D eigenvalue weighted by Crippen LogP contribution is 2.38. The van der Waals surface area contributed by atoms with Gasteiger partial charge in [0.05, 0.1) is 18.8 Å². The van der Waals surface area contributed by atoms with Crippen LogP contribution in [0.4, 0.5) is 29.3 Å². The molecule has 0 saturated carbocycles. The average molecular weight is 470 g/mol. The Hall–Kier alpha value is -3.35. The second kappa shape index (κ2) is 8.89. The Morgan fingerprint density at radius 1 is 1.18 bits per heavy atom. The number of fused-ring (bicyclic) bond motifs is 3. The van der Waals surface area contributed by atoms with E-state index in [2.05, 4.69) is 15.0 Å². The molecule has 3 aliphatic heterocycles. The van der Waals surface area contributed by atoms with E-state index in [1.807, 2.05) is 6.07 Å². The first-order chi connectivity index (χ1) is 15.6. The van der Waals surface area contributed by atoms with Gasteiger partial charge >= 0.3 is 24.1 Å². The highest BCUT2D eigenvalue weighted by atomic mass is 19.4. The summed E-state index contributed by atoms with van der Waals surface area (Å²) in [6, 6.07) is 4.74. The smallest absolute Gasteiger partial charge is 0.491 e. The van der Waals surface area contributed by atoms with E-state index >= 15 is 0 Å². The van der Waals surface area contributed by atoms with Crippen molar-refractivity contribution < 1.29 is 41.8 Å². The maximum Gasteiger partial charge on any atom is 0.491 e. The average Bonchev–Trinajstić information content (AvgIpc) is 2.91. The molecule has 1 atom stereocenters. The van der Waals surface area contributed by atoms with Gasteiger partial charge in [0.1, 0.15) is 5.75 Å². The van der Waals surface area contributed by atoms with Gasteiger partial charge in [0.2, 0.25) is 5.91 Å². The lowest BCUT2D eigenvalue weighted by Crippen LogP contribution is -2.54. The molecule has 1 N–H and O–H groups in total. The molecule has 13 heteroatoms. The number of anilines is 2. The van der Waals surface area contributed by atoms with Crippen LogP contribution in [0.2, 0.25) is 0 Å². The molecular weight excluding hydrogens is 449 g/mol.